The zero-order valence-electron chi connectivity index (χ0n) is 13.5. The molecule has 6 nitrogen and oxygen atoms in total. The van der Waals surface area contributed by atoms with E-state index in [1.165, 1.54) is 0 Å². The molecule has 1 atom stereocenters. The van der Waals surface area contributed by atoms with E-state index in [0.29, 0.717) is 17.2 Å². The molecule has 130 valence electrons. The number of benzene rings is 1. The highest BCUT2D eigenvalue weighted by Crippen LogP contribution is 2.39. The normalized spacial score (nSPS) is 16.1. The van der Waals surface area contributed by atoms with Gasteiger partial charge in [-0.15, -0.1) is 31.7 Å². The third kappa shape index (κ3) is 2.95. The van der Waals surface area contributed by atoms with E-state index < -0.39 is 0 Å². The van der Waals surface area contributed by atoms with Crippen molar-refractivity contribution in [3.05, 3.63) is 47.8 Å². The molecule has 1 aromatic carbocycles. The van der Waals surface area contributed by atoms with Crippen molar-refractivity contribution in [1.82, 2.24) is 25.0 Å². The van der Waals surface area contributed by atoms with Crippen LogP contribution in [0.5, 0.6) is 0 Å². The van der Waals surface area contributed by atoms with Crippen molar-refractivity contribution in [3.8, 4) is 22.2 Å². The molecule has 3 aromatic heterocycles. The van der Waals surface area contributed by atoms with Crippen LogP contribution in [0, 0.1) is 0 Å². The zero-order valence-corrected chi connectivity index (χ0v) is 15.9. The lowest BCUT2D eigenvalue weighted by Crippen LogP contribution is -2.11. The Kier molecular flexibility index (Phi) is 4.27. The lowest BCUT2D eigenvalue weighted by Gasteiger charge is -2.13. The summed E-state index contributed by atoms with van der Waals surface area (Å²) in [6.07, 6.45) is 0. The van der Waals surface area contributed by atoms with Crippen LogP contribution in [-0.2, 0) is 0 Å². The fourth-order valence-corrected chi connectivity index (χ4v) is 5.51. The Bertz CT molecular complexity index is 1010. The van der Waals surface area contributed by atoms with Gasteiger partial charge in [-0.05, 0) is 11.4 Å². The van der Waals surface area contributed by atoms with Crippen LogP contribution in [0.4, 0.5) is 0 Å². The maximum Gasteiger partial charge on any atom is 0.276 e. The quantitative estimate of drug-likeness (QED) is 0.458. The number of nitrogens with zero attached hydrogens (tertiary/aromatic N) is 5. The summed E-state index contributed by atoms with van der Waals surface area (Å²) < 4.78 is 8.00. The highest BCUT2D eigenvalue weighted by molar-refractivity contribution is 8.00. The first-order chi connectivity index (χ1) is 12.9. The Morgan fingerprint density at radius 1 is 1.08 bits per heavy atom. The van der Waals surface area contributed by atoms with Crippen LogP contribution in [0.15, 0.2) is 62.6 Å². The van der Waals surface area contributed by atoms with E-state index in [2.05, 4.69) is 37.1 Å². The maximum absolute atomic E-state index is 5.78. The summed E-state index contributed by atoms with van der Waals surface area (Å²) in [5, 5.41) is 20.6. The van der Waals surface area contributed by atoms with E-state index in [4.69, 9.17) is 4.42 Å². The minimum absolute atomic E-state index is 0.294. The molecule has 0 fully saturated rings. The average molecular weight is 400 g/mol. The zero-order chi connectivity index (χ0) is 17.3. The minimum atomic E-state index is 0.294. The van der Waals surface area contributed by atoms with Gasteiger partial charge in [0.05, 0.1) is 10.9 Å². The average Bonchev–Trinajstić information content (AvgIpc) is 3.45. The van der Waals surface area contributed by atoms with Crippen molar-refractivity contribution < 1.29 is 4.42 Å². The van der Waals surface area contributed by atoms with Crippen molar-refractivity contribution in [2.24, 2.45) is 0 Å². The molecular formula is C17H13N5OS3. The van der Waals surface area contributed by atoms with Gasteiger partial charge in [0, 0.05) is 17.1 Å². The number of fused-ring (bicyclic) bond motifs is 1. The van der Waals surface area contributed by atoms with Crippen LogP contribution in [-0.4, -0.2) is 36.5 Å². The second-order valence-corrected chi connectivity index (χ2v) is 8.57. The predicted molar refractivity (Wildman–Crippen MR) is 104 cm³/mol. The van der Waals surface area contributed by atoms with Crippen molar-refractivity contribution in [2.75, 3.05) is 11.5 Å². The molecule has 0 N–H and O–H groups in total. The van der Waals surface area contributed by atoms with Gasteiger partial charge in [-0.25, -0.2) is 0 Å². The van der Waals surface area contributed by atoms with Gasteiger partial charge in [-0.1, -0.05) is 59.9 Å². The first-order valence-electron chi connectivity index (χ1n) is 8.02. The molecule has 0 radical (unpaired) electrons. The highest BCUT2D eigenvalue weighted by atomic mass is 32.2. The Morgan fingerprint density at radius 3 is 2.85 bits per heavy atom. The van der Waals surface area contributed by atoms with Gasteiger partial charge in [-0.2, -0.15) is 0 Å². The van der Waals surface area contributed by atoms with E-state index >= 15 is 0 Å². The van der Waals surface area contributed by atoms with E-state index in [9.17, 15) is 0 Å². The van der Waals surface area contributed by atoms with E-state index in [1.807, 2.05) is 35.7 Å². The third-order valence-corrected chi connectivity index (χ3v) is 6.91. The summed E-state index contributed by atoms with van der Waals surface area (Å²) in [5.74, 6) is 3.31. The summed E-state index contributed by atoms with van der Waals surface area (Å²) >= 11 is 4.92. The van der Waals surface area contributed by atoms with Crippen molar-refractivity contribution >= 4 is 34.9 Å². The highest BCUT2D eigenvalue weighted by Gasteiger charge is 2.29. The van der Waals surface area contributed by atoms with Gasteiger partial charge in [0.1, 0.15) is 0 Å². The lowest BCUT2D eigenvalue weighted by molar-refractivity contribution is 0.465. The minimum Gasteiger partial charge on any atom is -0.410 e. The van der Waals surface area contributed by atoms with Crippen LogP contribution in [0.25, 0.3) is 22.2 Å². The molecule has 0 spiro atoms. The summed E-state index contributed by atoms with van der Waals surface area (Å²) in [5.41, 5.74) is 1.08. The molecular weight excluding hydrogens is 386 g/mol. The standard InChI is InChI=1S/C17H13N5OS3/c1-2-5-11(6-3-1)14-18-20-16-22(14)12(9-25-16)10-26-17-21-19-15(23-17)13-7-4-8-24-13/h1-8,12H,9-10H2/t12-/m0/s1. The molecule has 0 saturated carbocycles. The number of hydrogen-bond acceptors (Lipinski definition) is 8. The summed E-state index contributed by atoms with van der Waals surface area (Å²) in [7, 11) is 0. The molecule has 4 aromatic rings. The first kappa shape index (κ1) is 16.1. The molecule has 1 aliphatic heterocycles. The van der Waals surface area contributed by atoms with Gasteiger partial charge in [0.15, 0.2) is 11.0 Å². The van der Waals surface area contributed by atoms with Crippen LogP contribution in [0.3, 0.4) is 0 Å². The second-order valence-electron chi connectivity index (χ2n) is 5.67. The van der Waals surface area contributed by atoms with Crippen molar-refractivity contribution in [1.29, 1.82) is 0 Å². The molecule has 1 aliphatic rings. The maximum atomic E-state index is 5.78. The molecule has 0 bridgehead atoms. The van der Waals surface area contributed by atoms with E-state index in [0.717, 1.165) is 32.9 Å². The first-order valence-corrected chi connectivity index (χ1v) is 10.9. The molecule has 26 heavy (non-hydrogen) atoms. The Labute approximate surface area is 162 Å². The predicted octanol–water partition coefficient (Wildman–Crippen LogP) is 4.50. The molecule has 9 heteroatoms. The summed E-state index contributed by atoms with van der Waals surface area (Å²) in [4.78, 5) is 0.994. The monoisotopic (exact) mass is 399 g/mol. The number of thioether (sulfide) groups is 2. The number of thiophene rings is 1. The van der Waals surface area contributed by atoms with Crippen molar-refractivity contribution in [3.63, 3.8) is 0 Å². The van der Waals surface area contributed by atoms with Gasteiger partial charge >= 0.3 is 0 Å². The third-order valence-electron chi connectivity index (χ3n) is 4.00. The van der Waals surface area contributed by atoms with E-state index in [1.54, 1.807) is 34.9 Å². The molecule has 0 saturated heterocycles. The van der Waals surface area contributed by atoms with Crippen LogP contribution < -0.4 is 0 Å². The van der Waals surface area contributed by atoms with Crippen LogP contribution in [0.2, 0.25) is 0 Å². The SMILES string of the molecule is c1ccc(-c2nnc3n2[C@H](CSc2nnc(-c4cccs4)o2)CS3)cc1. The van der Waals surface area contributed by atoms with Crippen molar-refractivity contribution in [2.45, 2.75) is 16.4 Å². The van der Waals surface area contributed by atoms with Gasteiger partial charge in [0.2, 0.25) is 0 Å². The van der Waals surface area contributed by atoms with Gasteiger partial charge in [0.25, 0.3) is 11.1 Å². The summed E-state index contributed by atoms with van der Waals surface area (Å²) in [6, 6.07) is 14.4. The van der Waals surface area contributed by atoms with Gasteiger partial charge in [-0.3, -0.25) is 4.57 Å². The number of hydrogen-bond donors (Lipinski definition) is 0. The largest absolute Gasteiger partial charge is 0.410 e. The molecule has 5 rings (SSSR count). The molecule has 0 aliphatic carbocycles. The van der Waals surface area contributed by atoms with E-state index in [-0.39, 0.29) is 0 Å². The topological polar surface area (TPSA) is 69.6 Å². The van der Waals surface area contributed by atoms with Crippen LogP contribution in [0.1, 0.15) is 6.04 Å². The Morgan fingerprint density at radius 2 is 2.00 bits per heavy atom. The lowest BCUT2D eigenvalue weighted by atomic mass is 10.2. The van der Waals surface area contributed by atoms with Crippen LogP contribution >= 0.6 is 34.9 Å². The molecule has 4 heterocycles. The number of rotatable bonds is 5. The smallest absolute Gasteiger partial charge is 0.276 e. The summed E-state index contributed by atoms with van der Waals surface area (Å²) in [6.45, 7) is 0. The Balaban J connectivity index is 1.34. The Hall–Kier alpha value is -2.10. The number of aromatic nitrogens is 5. The fraction of sp³-hybridized carbons (Fsp3) is 0.176. The second kappa shape index (κ2) is 6.90. The molecule has 0 amide bonds. The molecule has 0 unspecified atom stereocenters. The fourth-order valence-electron chi connectivity index (χ4n) is 2.79. The van der Waals surface area contributed by atoms with Gasteiger partial charge < -0.3 is 4.42 Å².